The van der Waals surface area contributed by atoms with Crippen LogP contribution in [0.4, 0.5) is 4.79 Å². The second kappa shape index (κ2) is 2.80. The molecule has 0 aromatic carbocycles. The lowest BCUT2D eigenvalue weighted by Gasteiger charge is -2.25. The summed E-state index contributed by atoms with van der Waals surface area (Å²) in [5.74, 6) is -1.67. The Bertz CT molecular complexity index is 232. The highest BCUT2D eigenvalue weighted by Crippen LogP contribution is 2.04. The minimum absolute atomic E-state index is 0.183. The van der Waals surface area contributed by atoms with Gasteiger partial charge in [0, 0.05) is 7.05 Å². The maximum atomic E-state index is 10.9. The van der Waals surface area contributed by atoms with E-state index in [1.165, 1.54) is 7.05 Å². The molecule has 0 aliphatic carbocycles. The minimum atomic E-state index is -1.19. The molecule has 0 radical (unpaired) electrons. The Labute approximate surface area is 68.1 Å². The van der Waals surface area contributed by atoms with Gasteiger partial charge in [-0.1, -0.05) is 0 Å². The lowest BCUT2D eigenvalue weighted by Crippen LogP contribution is -2.55. The molecule has 0 aromatic rings. The Morgan fingerprint density at radius 1 is 1.67 bits per heavy atom. The maximum Gasteiger partial charge on any atom is 0.326 e. The minimum Gasteiger partial charge on any atom is -0.480 e. The van der Waals surface area contributed by atoms with Crippen LogP contribution in [0, 0.1) is 0 Å². The Hall–Kier alpha value is -1.59. The quantitative estimate of drug-likeness (QED) is 0.531. The molecule has 12 heavy (non-hydrogen) atoms. The van der Waals surface area contributed by atoms with Gasteiger partial charge in [0.15, 0.2) is 0 Å². The smallest absolute Gasteiger partial charge is 0.326 e. The topological polar surface area (TPSA) is 86.7 Å². The number of nitrogens with zero attached hydrogens (tertiary/aromatic N) is 1. The monoisotopic (exact) mass is 172 g/mol. The van der Waals surface area contributed by atoms with Gasteiger partial charge < -0.3 is 10.4 Å². The van der Waals surface area contributed by atoms with Crippen LogP contribution in [-0.4, -0.2) is 41.0 Å². The number of aliphatic carboxylic acids is 1. The predicted molar refractivity (Wildman–Crippen MR) is 37.3 cm³/mol. The van der Waals surface area contributed by atoms with E-state index in [1.54, 1.807) is 0 Å². The zero-order chi connectivity index (χ0) is 9.30. The van der Waals surface area contributed by atoms with E-state index in [9.17, 15) is 14.4 Å². The lowest BCUT2D eigenvalue weighted by atomic mass is 10.1. The van der Waals surface area contributed by atoms with Crippen molar-refractivity contribution in [2.24, 2.45) is 0 Å². The van der Waals surface area contributed by atoms with Gasteiger partial charge in [0.2, 0.25) is 5.91 Å². The van der Waals surface area contributed by atoms with E-state index in [-0.39, 0.29) is 6.42 Å². The molecule has 1 aliphatic rings. The summed E-state index contributed by atoms with van der Waals surface area (Å²) in [6.07, 6.45) is -0.183. The molecule has 2 N–H and O–H groups in total. The Balaban J connectivity index is 2.72. The van der Waals surface area contributed by atoms with Gasteiger partial charge in [-0.25, -0.2) is 9.59 Å². The van der Waals surface area contributed by atoms with Gasteiger partial charge in [0.05, 0.1) is 6.42 Å². The second-order valence-corrected chi connectivity index (χ2v) is 2.50. The van der Waals surface area contributed by atoms with E-state index in [0.717, 1.165) is 4.90 Å². The molecule has 1 rings (SSSR count). The van der Waals surface area contributed by atoms with Gasteiger partial charge in [-0.15, -0.1) is 0 Å². The molecule has 1 atom stereocenters. The maximum absolute atomic E-state index is 10.9. The van der Waals surface area contributed by atoms with Crippen LogP contribution in [0.25, 0.3) is 0 Å². The summed E-state index contributed by atoms with van der Waals surface area (Å²) in [4.78, 5) is 33.0. The number of hydrogen-bond acceptors (Lipinski definition) is 3. The van der Waals surface area contributed by atoms with E-state index >= 15 is 0 Å². The third-order valence-corrected chi connectivity index (χ3v) is 1.65. The summed E-state index contributed by atoms with van der Waals surface area (Å²) in [6.45, 7) is 0. The van der Waals surface area contributed by atoms with E-state index < -0.39 is 23.9 Å². The van der Waals surface area contributed by atoms with Crippen molar-refractivity contribution >= 4 is 17.9 Å². The molecule has 6 nitrogen and oxygen atoms in total. The number of nitrogens with one attached hydrogen (secondary N) is 1. The van der Waals surface area contributed by atoms with E-state index in [2.05, 4.69) is 5.32 Å². The average molecular weight is 172 g/mol. The zero-order valence-electron chi connectivity index (χ0n) is 6.40. The van der Waals surface area contributed by atoms with Gasteiger partial charge in [0.1, 0.15) is 6.04 Å². The van der Waals surface area contributed by atoms with Crippen molar-refractivity contribution in [1.82, 2.24) is 10.2 Å². The normalized spacial score (nSPS) is 23.8. The SMILES string of the molecule is CN1C(=O)CC(C(=O)O)NC1=O. The molecule has 6 heteroatoms. The van der Waals surface area contributed by atoms with Crippen molar-refractivity contribution in [2.75, 3.05) is 7.05 Å². The van der Waals surface area contributed by atoms with Gasteiger partial charge >= 0.3 is 12.0 Å². The van der Waals surface area contributed by atoms with Crippen molar-refractivity contribution in [3.8, 4) is 0 Å². The molecule has 1 fully saturated rings. The van der Waals surface area contributed by atoms with Gasteiger partial charge in [-0.05, 0) is 0 Å². The summed E-state index contributed by atoms with van der Waals surface area (Å²) >= 11 is 0. The molecular weight excluding hydrogens is 164 g/mol. The van der Waals surface area contributed by atoms with Crippen molar-refractivity contribution in [1.29, 1.82) is 0 Å². The van der Waals surface area contributed by atoms with Crippen molar-refractivity contribution in [2.45, 2.75) is 12.5 Å². The van der Waals surface area contributed by atoms with Crippen molar-refractivity contribution in [3.63, 3.8) is 0 Å². The van der Waals surface area contributed by atoms with E-state index in [0.29, 0.717) is 0 Å². The molecule has 0 saturated carbocycles. The third kappa shape index (κ3) is 1.36. The number of urea groups is 1. The molecule has 0 aromatic heterocycles. The van der Waals surface area contributed by atoms with Crippen LogP contribution < -0.4 is 5.32 Å². The summed E-state index contributed by atoms with van der Waals surface area (Å²) < 4.78 is 0. The lowest BCUT2D eigenvalue weighted by molar-refractivity contribution is -0.143. The number of carboxylic acids is 1. The number of carboxylic acid groups (broad SMARTS) is 1. The van der Waals surface area contributed by atoms with Crippen LogP contribution in [0.2, 0.25) is 0 Å². The van der Waals surface area contributed by atoms with Crippen LogP contribution >= 0.6 is 0 Å². The fraction of sp³-hybridized carbons (Fsp3) is 0.500. The zero-order valence-corrected chi connectivity index (χ0v) is 6.40. The van der Waals surface area contributed by atoms with Crippen LogP contribution in [0.1, 0.15) is 6.42 Å². The van der Waals surface area contributed by atoms with Crippen LogP contribution in [0.15, 0.2) is 0 Å². The Morgan fingerprint density at radius 3 is 2.67 bits per heavy atom. The van der Waals surface area contributed by atoms with Gasteiger partial charge in [-0.3, -0.25) is 9.69 Å². The number of carbonyl (C=O) groups is 3. The summed E-state index contributed by atoms with van der Waals surface area (Å²) in [5, 5.41) is 10.6. The first kappa shape index (κ1) is 8.51. The summed E-state index contributed by atoms with van der Waals surface area (Å²) in [6, 6.07) is -1.75. The molecule has 1 aliphatic heterocycles. The first-order chi connectivity index (χ1) is 5.52. The average Bonchev–Trinajstić information content (AvgIpc) is 1.99. The number of amides is 3. The fourth-order valence-electron chi connectivity index (χ4n) is 0.871. The van der Waals surface area contributed by atoms with E-state index in [1.807, 2.05) is 0 Å². The molecule has 1 unspecified atom stereocenters. The second-order valence-electron chi connectivity index (χ2n) is 2.50. The summed E-state index contributed by atoms with van der Waals surface area (Å²) in [7, 11) is 1.30. The molecule has 0 bridgehead atoms. The van der Waals surface area contributed by atoms with Crippen molar-refractivity contribution in [3.05, 3.63) is 0 Å². The predicted octanol–water partition coefficient (Wildman–Crippen LogP) is -0.989. The highest BCUT2D eigenvalue weighted by Gasteiger charge is 2.32. The molecule has 0 spiro atoms. The Kier molecular flexibility index (Phi) is 1.99. The van der Waals surface area contributed by atoms with Gasteiger partial charge in [-0.2, -0.15) is 0 Å². The molecule has 1 saturated heterocycles. The number of hydrogen-bond donors (Lipinski definition) is 2. The Morgan fingerprint density at radius 2 is 2.25 bits per heavy atom. The third-order valence-electron chi connectivity index (χ3n) is 1.65. The van der Waals surface area contributed by atoms with Crippen molar-refractivity contribution < 1.29 is 19.5 Å². The van der Waals surface area contributed by atoms with Crippen LogP contribution in [-0.2, 0) is 9.59 Å². The molecule has 3 amide bonds. The number of rotatable bonds is 1. The van der Waals surface area contributed by atoms with E-state index in [4.69, 9.17) is 5.11 Å². The molecule has 66 valence electrons. The summed E-state index contributed by atoms with van der Waals surface area (Å²) in [5.41, 5.74) is 0. The van der Waals surface area contributed by atoms with Gasteiger partial charge in [0.25, 0.3) is 0 Å². The number of carbonyl (C=O) groups excluding carboxylic acids is 2. The first-order valence-corrected chi connectivity index (χ1v) is 3.32. The molecule has 1 heterocycles. The largest absolute Gasteiger partial charge is 0.480 e. The van der Waals surface area contributed by atoms with Crippen LogP contribution in [0.5, 0.6) is 0 Å². The highest BCUT2D eigenvalue weighted by atomic mass is 16.4. The molecular formula is C6H8N2O4. The first-order valence-electron chi connectivity index (χ1n) is 3.32. The van der Waals surface area contributed by atoms with Crippen LogP contribution in [0.3, 0.4) is 0 Å². The number of imide groups is 1. The fourth-order valence-corrected chi connectivity index (χ4v) is 0.871. The highest BCUT2D eigenvalue weighted by molar-refractivity contribution is 6.00. The standard InChI is InChI=1S/C6H8N2O4/c1-8-4(9)2-3(5(10)11)7-6(8)12/h3H,2H2,1H3,(H,7,12)(H,10,11).